The van der Waals surface area contributed by atoms with Gasteiger partial charge in [0.2, 0.25) is 0 Å². The molecule has 4 rings (SSSR count). The summed E-state index contributed by atoms with van der Waals surface area (Å²) in [4.78, 5) is 0. The zero-order valence-electron chi connectivity index (χ0n) is 16.1. The predicted octanol–water partition coefficient (Wildman–Crippen LogP) is 3.92. The maximum absolute atomic E-state index is 6.25. The largest absolute Gasteiger partial charge is 0.494 e. The maximum Gasteiger partial charge on any atom is 0.494 e. The molecule has 0 radical (unpaired) electrons. The van der Waals surface area contributed by atoms with Crippen molar-refractivity contribution in [1.29, 1.82) is 0 Å². The molecule has 136 valence electrons. The summed E-state index contributed by atoms with van der Waals surface area (Å²) in [5, 5.41) is 0. The molecule has 1 fully saturated rings. The van der Waals surface area contributed by atoms with E-state index in [2.05, 4.69) is 76.2 Å². The van der Waals surface area contributed by atoms with Gasteiger partial charge in [0.15, 0.2) is 0 Å². The van der Waals surface area contributed by atoms with E-state index >= 15 is 0 Å². The molecule has 3 nitrogen and oxygen atoms in total. The monoisotopic (exact) mass is 350 g/mol. The molecule has 0 saturated carbocycles. The predicted molar refractivity (Wildman–Crippen MR) is 105 cm³/mol. The Kier molecular flexibility index (Phi) is 4.36. The van der Waals surface area contributed by atoms with Crippen molar-refractivity contribution >= 4 is 12.6 Å². The molecule has 0 amide bonds. The fourth-order valence-corrected chi connectivity index (χ4v) is 3.61. The average molecular weight is 350 g/mol. The molecule has 2 aliphatic rings. The molecule has 0 bridgehead atoms. The van der Waals surface area contributed by atoms with Gasteiger partial charge in [-0.15, -0.1) is 0 Å². The molecule has 0 unspecified atom stereocenters. The maximum atomic E-state index is 6.25. The molecule has 2 aliphatic heterocycles. The summed E-state index contributed by atoms with van der Waals surface area (Å²) in [6, 6.07) is 16.9. The van der Waals surface area contributed by atoms with Crippen LogP contribution in [0.25, 0.3) is 0 Å². The minimum Gasteiger partial charge on any atom is -0.490 e. The van der Waals surface area contributed by atoms with Crippen LogP contribution in [0.3, 0.4) is 0 Å². The molecule has 1 atom stereocenters. The summed E-state index contributed by atoms with van der Waals surface area (Å²) in [6.45, 7) is 8.34. The minimum absolute atomic E-state index is 0.243. The van der Waals surface area contributed by atoms with E-state index in [-0.39, 0.29) is 24.4 Å². The lowest BCUT2D eigenvalue weighted by molar-refractivity contribution is 0.00578. The summed E-state index contributed by atoms with van der Waals surface area (Å²) in [5.41, 5.74) is 3.03. The second kappa shape index (κ2) is 6.43. The number of fused-ring (bicyclic) bond motifs is 1. The lowest BCUT2D eigenvalue weighted by Gasteiger charge is -2.32. The summed E-state index contributed by atoms with van der Waals surface area (Å²) in [6.07, 6.45) is 3.27. The third-order valence-electron chi connectivity index (χ3n) is 5.95. The average Bonchev–Trinajstić information content (AvgIpc) is 2.83. The number of rotatable bonds is 3. The quantitative estimate of drug-likeness (QED) is 0.786. The lowest BCUT2D eigenvalue weighted by Crippen LogP contribution is -2.41. The van der Waals surface area contributed by atoms with Gasteiger partial charge < -0.3 is 14.0 Å². The van der Waals surface area contributed by atoms with Crippen molar-refractivity contribution in [3.63, 3.8) is 0 Å². The number of hydrogen-bond acceptors (Lipinski definition) is 3. The second-order valence-corrected chi connectivity index (χ2v) is 8.42. The summed E-state index contributed by atoms with van der Waals surface area (Å²) < 4.78 is 18.6. The number of hydrogen-bond donors (Lipinski definition) is 0. The van der Waals surface area contributed by atoms with Crippen LogP contribution in [-0.2, 0) is 22.2 Å². The van der Waals surface area contributed by atoms with Crippen LogP contribution < -0.4 is 10.2 Å². The van der Waals surface area contributed by atoms with Crippen LogP contribution >= 0.6 is 0 Å². The highest BCUT2D eigenvalue weighted by molar-refractivity contribution is 6.62. The molecule has 2 aromatic carbocycles. The molecule has 0 N–H and O–H groups in total. The van der Waals surface area contributed by atoms with E-state index in [1.165, 1.54) is 11.1 Å². The van der Waals surface area contributed by atoms with Crippen molar-refractivity contribution < 1.29 is 14.0 Å². The third kappa shape index (κ3) is 3.28. The molecule has 26 heavy (non-hydrogen) atoms. The standard InChI is InChI=1S/C22H27BO3/c1-21(2)22(3,4)26-23(25-21)18-11-13-20-17(15-18)10-12-19(24-20)14-16-8-6-5-7-9-16/h5-9,11,13,15,19H,10,12,14H2,1-4H3/t19-/m1/s1. The normalized spacial score (nSPS) is 23.4. The van der Waals surface area contributed by atoms with Gasteiger partial charge in [0, 0.05) is 6.42 Å². The zero-order chi connectivity index (χ0) is 18.4. The fourth-order valence-electron chi connectivity index (χ4n) is 3.61. The number of aryl methyl sites for hydroxylation is 1. The van der Waals surface area contributed by atoms with Gasteiger partial charge in [0.1, 0.15) is 11.9 Å². The highest BCUT2D eigenvalue weighted by atomic mass is 16.7. The Hall–Kier alpha value is -1.78. The van der Waals surface area contributed by atoms with Gasteiger partial charge >= 0.3 is 7.12 Å². The van der Waals surface area contributed by atoms with Gasteiger partial charge in [-0.05, 0) is 63.2 Å². The summed E-state index contributed by atoms with van der Waals surface area (Å²) in [5.74, 6) is 0.998. The summed E-state index contributed by atoms with van der Waals surface area (Å²) in [7, 11) is -0.313. The smallest absolute Gasteiger partial charge is 0.490 e. The molecular formula is C22H27BO3. The molecule has 4 heteroatoms. The topological polar surface area (TPSA) is 27.7 Å². The number of benzene rings is 2. The van der Waals surface area contributed by atoms with Crippen molar-refractivity contribution in [3.8, 4) is 5.75 Å². The highest BCUT2D eigenvalue weighted by Crippen LogP contribution is 2.37. The minimum atomic E-state index is -0.315. The Morgan fingerprint density at radius 2 is 1.65 bits per heavy atom. The van der Waals surface area contributed by atoms with E-state index in [9.17, 15) is 0 Å². The SMILES string of the molecule is CC1(C)OB(c2ccc3c(c2)CC[C@H](Cc2ccccc2)O3)OC1(C)C. The van der Waals surface area contributed by atoms with Crippen molar-refractivity contribution in [3.05, 3.63) is 59.7 Å². The van der Waals surface area contributed by atoms with Crippen LogP contribution in [0.5, 0.6) is 5.75 Å². The molecule has 0 aromatic heterocycles. The Morgan fingerprint density at radius 1 is 0.962 bits per heavy atom. The van der Waals surface area contributed by atoms with Crippen molar-refractivity contribution in [1.82, 2.24) is 0 Å². The van der Waals surface area contributed by atoms with E-state index in [4.69, 9.17) is 14.0 Å². The van der Waals surface area contributed by atoms with Gasteiger partial charge in [-0.25, -0.2) is 0 Å². The number of ether oxygens (including phenoxy) is 1. The van der Waals surface area contributed by atoms with Gasteiger partial charge in [-0.3, -0.25) is 0 Å². The van der Waals surface area contributed by atoms with Gasteiger partial charge in [-0.1, -0.05) is 42.5 Å². The van der Waals surface area contributed by atoms with Crippen LogP contribution in [0.1, 0.15) is 45.2 Å². The van der Waals surface area contributed by atoms with Crippen LogP contribution in [0.15, 0.2) is 48.5 Å². The molecular weight excluding hydrogens is 323 g/mol. The Labute approximate surface area is 156 Å². The van der Waals surface area contributed by atoms with Crippen LogP contribution in [0.2, 0.25) is 0 Å². The van der Waals surface area contributed by atoms with Crippen molar-refractivity contribution in [2.75, 3.05) is 0 Å². The van der Waals surface area contributed by atoms with E-state index in [1.807, 2.05) is 0 Å². The first kappa shape index (κ1) is 17.6. The van der Waals surface area contributed by atoms with Crippen molar-refractivity contribution in [2.45, 2.75) is 64.3 Å². The lowest BCUT2D eigenvalue weighted by atomic mass is 9.77. The van der Waals surface area contributed by atoms with Gasteiger partial charge in [0.05, 0.1) is 11.2 Å². The first-order valence-electron chi connectivity index (χ1n) is 9.53. The molecule has 0 spiro atoms. The van der Waals surface area contributed by atoms with E-state index < -0.39 is 0 Å². The third-order valence-corrected chi connectivity index (χ3v) is 5.95. The van der Waals surface area contributed by atoms with E-state index in [1.54, 1.807) is 0 Å². The van der Waals surface area contributed by atoms with E-state index in [0.29, 0.717) is 0 Å². The zero-order valence-corrected chi connectivity index (χ0v) is 16.1. The first-order chi connectivity index (χ1) is 12.3. The second-order valence-electron chi connectivity index (χ2n) is 8.42. The Morgan fingerprint density at radius 3 is 2.35 bits per heavy atom. The molecule has 0 aliphatic carbocycles. The van der Waals surface area contributed by atoms with Crippen LogP contribution in [0.4, 0.5) is 0 Å². The van der Waals surface area contributed by atoms with E-state index in [0.717, 1.165) is 30.5 Å². The first-order valence-corrected chi connectivity index (χ1v) is 9.53. The fraction of sp³-hybridized carbons (Fsp3) is 0.455. The molecule has 2 aromatic rings. The molecule has 2 heterocycles. The summed E-state index contributed by atoms with van der Waals surface area (Å²) >= 11 is 0. The van der Waals surface area contributed by atoms with Crippen molar-refractivity contribution in [2.24, 2.45) is 0 Å². The van der Waals surface area contributed by atoms with Crippen LogP contribution in [-0.4, -0.2) is 24.4 Å². The van der Waals surface area contributed by atoms with Crippen LogP contribution in [0, 0.1) is 0 Å². The van der Waals surface area contributed by atoms with Gasteiger partial charge in [0.25, 0.3) is 0 Å². The Balaban J connectivity index is 1.48. The Bertz CT molecular complexity index is 769. The molecule has 1 saturated heterocycles. The van der Waals surface area contributed by atoms with Gasteiger partial charge in [-0.2, -0.15) is 0 Å². The highest BCUT2D eigenvalue weighted by Gasteiger charge is 2.51.